The molecule has 1 atom stereocenters. The van der Waals surface area contributed by atoms with Gasteiger partial charge in [-0.05, 0) is 37.0 Å². The van der Waals surface area contributed by atoms with Gasteiger partial charge in [-0.2, -0.15) is 5.26 Å². The Bertz CT molecular complexity index is 447. The Labute approximate surface area is 116 Å². The molecule has 0 spiro atoms. The van der Waals surface area contributed by atoms with E-state index in [4.69, 9.17) is 11.0 Å². The first-order valence-corrected chi connectivity index (χ1v) is 7.19. The average molecular weight is 308 g/mol. The predicted octanol–water partition coefficient (Wildman–Crippen LogP) is 3.25. The van der Waals surface area contributed by atoms with Crippen molar-refractivity contribution in [1.29, 1.82) is 5.26 Å². The second kappa shape index (κ2) is 6.21. The first kappa shape index (κ1) is 13.4. The molecule has 0 radical (unpaired) electrons. The van der Waals surface area contributed by atoms with Gasteiger partial charge < -0.3 is 11.1 Å². The van der Waals surface area contributed by atoms with Crippen LogP contribution in [-0.2, 0) is 0 Å². The summed E-state index contributed by atoms with van der Waals surface area (Å²) in [5.74, 6) is 0.666. The number of nitriles is 1. The first-order chi connectivity index (χ1) is 8.72. The van der Waals surface area contributed by atoms with Gasteiger partial charge in [0.1, 0.15) is 0 Å². The van der Waals surface area contributed by atoms with Crippen molar-refractivity contribution in [3.63, 3.8) is 0 Å². The summed E-state index contributed by atoms with van der Waals surface area (Å²) >= 11 is 3.43. The summed E-state index contributed by atoms with van der Waals surface area (Å²) in [6.07, 6.45) is 5.14. The van der Waals surface area contributed by atoms with Crippen LogP contribution < -0.4 is 11.1 Å². The van der Waals surface area contributed by atoms with Crippen LogP contribution in [0.15, 0.2) is 22.7 Å². The molecule has 1 aliphatic rings. The Kier molecular flexibility index (Phi) is 4.62. The Hall–Kier alpha value is -1.05. The van der Waals surface area contributed by atoms with Crippen molar-refractivity contribution >= 4 is 21.6 Å². The molecular formula is C14H18BrN3. The largest absolute Gasteiger partial charge is 0.381 e. The first-order valence-electron chi connectivity index (χ1n) is 6.40. The van der Waals surface area contributed by atoms with Crippen molar-refractivity contribution in [3.05, 3.63) is 28.2 Å². The van der Waals surface area contributed by atoms with E-state index in [0.717, 1.165) is 10.2 Å². The molecule has 1 fully saturated rings. The van der Waals surface area contributed by atoms with Gasteiger partial charge in [0.05, 0.1) is 11.6 Å². The fraction of sp³-hybridized carbons (Fsp3) is 0.500. The molecule has 1 aromatic rings. The summed E-state index contributed by atoms with van der Waals surface area (Å²) in [6.45, 7) is 0.638. The van der Waals surface area contributed by atoms with E-state index in [1.165, 1.54) is 25.7 Å². The van der Waals surface area contributed by atoms with Crippen LogP contribution in [0.3, 0.4) is 0 Å². The van der Waals surface area contributed by atoms with E-state index in [1.807, 2.05) is 18.2 Å². The third kappa shape index (κ3) is 3.24. The van der Waals surface area contributed by atoms with Gasteiger partial charge in [0.2, 0.25) is 0 Å². The van der Waals surface area contributed by atoms with Gasteiger partial charge in [-0.3, -0.25) is 0 Å². The molecule has 2 rings (SSSR count). The molecule has 96 valence electrons. The van der Waals surface area contributed by atoms with Crippen molar-refractivity contribution in [1.82, 2.24) is 0 Å². The van der Waals surface area contributed by atoms with E-state index in [9.17, 15) is 0 Å². The number of nitrogens with zero attached hydrogens (tertiary/aromatic N) is 1. The second-order valence-corrected chi connectivity index (χ2v) is 5.79. The van der Waals surface area contributed by atoms with Crippen LogP contribution in [0, 0.1) is 17.2 Å². The number of hydrogen-bond acceptors (Lipinski definition) is 3. The summed E-state index contributed by atoms with van der Waals surface area (Å²) in [4.78, 5) is 0. The molecule has 0 aliphatic heterocycles. The van der Waals surface area contributed by atoms with Crippen LogP contribution in [0.1, 0.15) is 31.2 Å². The number of rotatable bonds is 4. The summed E-state index contributed by atoms with van der Waals surface area (Å²) in [5, 5.41) is 12.4. The fourth-order valence-electron chi connectivity index (χ4n) is 2.68. The number of benzene rings is 1. The summed E-state index contributed by atoms with van der Waals surface area (Å²) in [7, 11) is 0. The van der Waals surface area contributed by atoms with Gasteiger partial charge in [-0.15, -0.1) is 0 Å². The van der Waals surface area contributed by atoms with Crippen LogP contribution in [0.4, 0.5) is 5.69 Å². The molecule has 0 saturated heterocycles. The quantitative estimate of drug-likeness (QED) is 0.897. The summed E-state index contributed by atoms with van der Waals surface area (Å²) in [6, 6.07) is 8.17. The lowest BCUT2D eigenvalue weighted by Gasteiger charge is -2.24. The van der Waals surface area contributed by atoms with Gasteiger partial charge >= 0.3 is 0 Å². The molecule has 3 nitrogen and oxygen atoms in total. The van der Waals surface area contributed by atoms with Crippen LogP contribution in [0.5, 0.6) is 0 Å². The van der Waals surface area contributed by atoms with E-state index in [-0.39, 0.29) is 0 Å². The topological polar surface area (TPSA) is 61.8 Å². The van der Waals surface area contributed by atoms with Crippen molar-refractivity contribution in [3.8, 4) is 6.07 Å². The minimum absolute atomic E-state index is 0.313. The summed E-state index contributed by atoms with van der Waals surface area (Å²) < 4.78 is 0.922. The molecule has 1 aliphatic carbocycles. The minimum atomic E-state index is 0.313. The molecule has 0 bridgehead atoms. The lowest BCUT2D eigenvalue weighted by molar-refractivity contribution is 0.462. The Morgan fingerprint density at radius 2 is 2.11 bits per heavy atom. The van der Waals surface area contributed by atoms with Crippen molar-refractivity contribution in [2.24, 2.45) is 11.7 Å². The third-order valence-electron chi connectivity index (χ3n) is 3.60. The van der Waals surface area contributed by atoms with Gasteiger partial charge in [-0.1, -0.05) is 28.8 Å². The second-order valence-electron chi connectivity index (χ2n) is 4.87. The lowest BCUT2D eigenvalue weighted by Crippen LogP contribution is -2.35. The molecule has 0 amide bonds. The lowest BCUT2D eigenvalue weighted by atomic mass is 9.98. The third-order valence-corrected chi connectivity index (χ3v) is 4.06. The zero-order valence-corrected chi connectivity index (χ0v) is 11.9. The molecule has 0 aromatic heterocycles. The van der Waals surface area contributed by atoms with E-state index in [2.05, 4.69) is 27.3 Å². The molecule has 0 heterocycles. The van der Waals surface area contributed by atoms with E-state index in [1.54, 1.807) is 0 Å². The van der Waals surface area contributed by atoms with Crippen LogP contribution in [0.2, 0.25) is 0 Å². The van der Waals surface area contributed by atoms with Crippen molar-refractivity contribution in [2.45, 2.75) is 31.7 Å². The van der Waals surface area contributed by atoms with Gasteiger partial charge in [0, 0.05) is 22.7 Å². The number of nitrogens with one attached hydrogen (secondary N) is 1. The van der Waals surface area contributed by atoms with Crippen LogP contribution in [-0.4, -0.2) is 12.6 Å². The van der Waals surface area contributed by atoms with E-state index in [0.29, 0.717) is 24.1 Å². The average Bonchev–Trinajstić information content (AvgIpc) is 2.89. The van der Waals surface area contributed by atoms with Gasteiger partial charge in [0.25, 0.3) is 0 Å². The maximum atomic E-state index is 8.97. The minimum Gasteiger partial charge on any atom is -0.381 e. The zero-order valence-electron chi connectivity index (χ0n) is 10.3. The number of anilines is 1. The SMILES string of the molecule is N#Cc1cc(Br)cc(NC(CN)C2CCCC2)c1. The normalized spacial score (nSPS) is 17.4. The Morgan fingerprint density at radius 3 is 2.72 bits per heavy atom. The molecule has 3 N–H and O–H groups in total. The number of nitrogens with two attached hydrogens (primary N) is 1. The highest BCUT2D eigenvalue weighted by Crippen LogP contribution is 2.29. The molecule has 1 aromatic carbocycles. The molecule has 1 unspecified atom stereocenters. The fourth-order valence-corrected chi connectivity index (χ4v) is 3.17. The molecule has 4 heteroatoms. The van der Waals surface area contributed by atoms with Gasteiger partial charge in [-0.25, -0.2) is 0 Å². The van der Waals surface area contributed by atoms with Crippen molar-refractivity contribution < 1.29 is 0 Å². The smallest absolute Gasteiger partial charge is 0.0992 e. The highest BCUT2D eigenvalue weighted by atomic mass is 79.9. The number of halogens is 1. The predicted molar refractivity (Wildman–Crippen MR) is 77.3 cm³/mol. The highest BCUT2D eigenvalue weighted by molar-refractivity contribution is 9.10. The van der Waals surface area contributed by atoms with E-state index >= 15 is 0 Å². The monoisotopic (exact) mass is 307 g/mol. The van der Waals surface area contributed by atoms with Crippen LogP contribution in [0.25, 0.3) is 0 Å². The summed E-state index contributed by atoms with van der Waals surface area (Å²) in [5.41, 5.74) is 7.51. The maximum absolute atomic E-state index is 8.97. The maximum Gasteiger partial charge on any atom is 0.0992 e. The molecule has 1 saturated carbocycles. The highest BCUT2D eigenvalue weighted by Gasteiger charge is 2.23. The van der Waals surface area contributed by atoms with E-state index < -0.39 is 0 Å². The Balaban J connectivity index is 2.11. The van der Waals surface area contributed by atoms with Crippen molar-refractivity contribution in [2.75, 3.05) is 11.9 Å². The molecule has 18 heavy (non-hydrogen) atoms. The van der Waals surface area contributed by atoms with Crippen LogP contribution >= 0.6 is 15.9 Å². The Morgan fingerprint density at radius 1 is 1.39 bits per heavy atom. The zero-order chi connectivity index (χ0) is 13.0. The number of hydrogen-bond donors (Lipinski definition) is 2. The molecular weight excluding hydrogens is 290 g/mol. The standard InChI is InChI=1S/C14H18BrN3/c15-12-5-10(8-16)6-13(7-12)18-14(9-17)11-3-1-2-4-11/h5-7,11,14,18H,1-4,9,17H2. The van der Waals surface area contributed by atoms with Gasteiger partial charge in [0.15, 0.2) is 0 Å².